The Morgan fingerprint density at radius 1 is 0.312 bits per heavy atom. The van der Waals surface area contributed by atoms with Gasteiger partial charge in [0, 0.05) is 65.9 Å². The topological polar surface area (TPSA) is 53.7 Å². The van der Waals surface area contributed by atoms with Crippen LogP contribution in [0.2, 0.25) is 0 Å². The van der Waals surface area contributed by atoms with E-state index in [4.69, 9.17) is 14.4 Å². The van der Waals surface area contributed by atoms with Crippen molar-refractivity contribution in [3.05, 3.63) is 212 Å². The Labute approximate surface area is 366 Å². The van der Waals surface area contributed by atoms with Gasteiger partial charge in [0.1, 0.15) is 16.8 Å². The van der Waals surface area contributed by atoms with Crippen molar-refractivity contribution in [2.24, 2.45) is 0 Å². The lowest BCUT2D eigenvalue weighted by Crippen LogP contribution is -1.96. The summed E-state index contributed by atoms with van der Waals surface area (Å²) in [7, 11) is 0. The summed E-state index contributed by atoms with van der Waals surface area (Å²) in [5.41, 5.74) is 15.0. The van der Waals surface area contributed by atoms with E-state index in [9.17, 15) is 0 Å². The molecule has 0 aliphatic carbocycles. The zero-order valence-electron chi connectivity index (χ0n) is 34.4. The predicted molar refractivity (Wildman–Crippen MR) is 263 cm³/mol. The summed E-state index contributed by atoms with van der Waals surface area (Å²) < 4.78 is 13.9. The second-order valence-electron chi connectivity index (χ2n) is 16.6. The first kappa shape index (κ1) is 34.9. The van der Waals surface area contributed by atoms with Gasteiger partial charge < -0.3 is 18.1 Å². The Balaban J connectivity index is 1.04. The van der Waals surface area contributed by atoms with Gasteiger partial charge in [0.25, 0.3) is 0 Å². The highest BCUT2D eigenvalue weighted by atomic mass is 16.3. The third-order valence-corrected chi connectivity index (χ3v) is 13.0. The van der Waals surface area contributed by atoms with Gasteiger partial charge in [-0.05, 0) is 97.1 Å². The molecule has 298 valence electrons. The lowest BCUT2D eigenvalue weighted by Gasteiger charge is -2.10. The summed E-state index contributed by atoms with van der Waals surface area (Å²) in [5.74, 6) is 0.637. The van der Waals surface area contributed by atoms with Crippen LogP contribution in [0.1, 0.15) is 0 Å². The molecular weight excluding hydrogens is 783 g/mol. The molecule has 0 saturated carbocycles. The van der Waals surface area contributed by atoms with Gasteiger partial charge in [0.2, 0.25) is 0 Å². The third kappa shape index (κ3) is 5.02. The van der Waals surface area contributed by atoms with E-state index in [2.05, 4.69) is 226 Å². The number of furan rings is 1. The molecular formula is C58H35N5O. The highest BCUT2D eigenvalue weighted by Crippen LogP contribution is 2.42. The van der Waals surface area contributed by atoms with Crippen molar-refractivity contribution >= 4 is 87.5 Å². The van der Waals surface area contributed by atoms with Crippen molar-refractivity contribution in [2.45, 2.75) is 0 Å². The number of hydrogen-bond donors (Lipinski definition) is 0. The number of benzene rings is 9. The zero-order valence-corrected chi connectivity index (χ0v) is 34.4. The molecule has 0 bridgehead atoms. The van der Waals surface area contributed by atoms with E-state index >= 15 is 0 Å². The summed E-state index contributed by atoms with van der Waals surface area (Å²) in [4.78, 5) is 10.9. The Morgan fingerprint density at radius 2 is 0.750 bits per heavy atom. The average molecular weight is 818 g/mol. The van der Waals surface area contributed by atoms with E-state index in [1.807, 2.05) is 0 Å². The second-order valence-corrected chi connectivity index (χ2v) is 16.6. The van der Waals surface area contributed by atoms with Gasteiger partial charge in [-0.2, -0.15) is 0 Å². The Morgan fingerprint density at radius 3 is 1.30 bits per heavy atom. The van der Waals surface area contributed by atoms with Crippen LogP contribution in [0.5, 0.6) is 0 Å². The van der Waals surface area contributed by atoms with Crippen LogP contribution >= 0.6 is 0 Å². The number of aromatic nitrogens is 5. The highest BCUT2D eigenvalue weighted by Gasteiger charge is 2.23. The molecule has 0 aliphatic rings. The molecule has 14 rings (SSSR count). The maximum Gasteiger partial charge on any atom is 0.180 e. The van der Waals surface area contributed by atoms with Crippen molar-refractivity contribution in [2.75, 3.05) is 0 Å². The number of rotatable bonds is 5. The Bertz CT molecular complexity index is 4140. The molecule has 14 aromatic rings. The van der Waals surface area contributed by atoms with Gasteiger partial charge in [-0.15, -0.1) is 0 Å². The summed E-state index contributed by atoms with van der Waals surface area (Å²) in [6.07, 6.45) is 0. The van der Waals surface area contributed by atoms with Gasteiger partial charge in [-0.25, -0.2) is 9.97 Å². The van der Waals surface area contributed by atoms with E-state index in [-0.39, 0.29) is 0 Å². The molecule has 0 saturated heterocycles. The molecule has 64 heavy (non-hydrogen) atoms. The first-order chi connectivity index (χ1) is 31.7. The first-order valence-electron chi connectivity index (χ1n) is 21.7. The van der Waals surface area contributed by atoms with E-state index in [1.54, 1.807) is 0 Å². The van der Waals surface area contributed by atoms with Crippen LogP contribution in [0.3, 0.4) is 0 Å². The second kappa shape index (κ2) is 13.4. The van der Waals surface area contributed by atoms with E-state index < -0.39 is 0 Å². The quantitative estimate of drug-likeness (QED) is 0.174. The third-order valence-electron chi connectivity index (χ3n) is 13.0. The molecule has 0 atom stereocenters. The molecule has 0 N–H and O–H groups in total. The van der Waals surface area contributed by atoms with Crippen LogP contribution in [0.4, 0.5) is 0 Å². The fourth-order valence-electron chi connectivity index (χ4n) is 10.2. The summed E-state index contributed by atoms with van der Waals surface area (Å²) in [5, 5.41) is 8.00. The minimum absolute atomic E-state index is 0.637. The number of para-hydroxylation sites is 6. The molecule has 0 amide bonds. The van der Waals surface area contributed by atoms with Crippen LogP contribution in [-0.2, 0) is 0 Å². The largest absolute Gasteiger partial charge is 0.452 e. The van der Waals surface area contributed by atoms with Crippen LogP contribution in [-0.4, -0.2) is 23.7 Å². The maximum absolute atomic E-state index is 6.89. The normalized spacial score (nSPS) is 12.1. The molecule has 0 radical (unpaired) electrons. The fourth-order valence-corrected chi connectivity index (χ4v) is 10.2. The monoisotopic (exact) mass is 817 g/mol. The molecule has 5 heterocycles. The highest BCUT2D eigenvalue weighted by molar-refractivity contribution is 6.14. The summed E-state index contributed by atoms with van der Waals surface area (Å²) >= 11 is 0. The molecule has 5 aromatic heterocycles. The lowest BCUT2D eigenvalue weighted by atomic mass is 10.0. The van der Waals surface area contributed by atoms with E-state index in [0.29, 0.717) is 11.4 Å². The van der Waals surface area contributed by atoms with Crippen LogP contribution in [0, 0.1) is 0 Å². The Kier molecular flexibility index (Phi) is 7.30. The lowest BCUT2D eigenvalue weighted by molar-refractivity contribution is 0.667. The summed E-state index contributed by atoms with van der Waals surface area (Å²) in [6.45, 7) is 0. The molecule has 6 heteroatoms. The molecule has 9 aromatic carbocycles. The minimum atomic E-state index is 0.637. The van der Waals surface area contributed by atoms with E-state index in [0.717, 1.165) is 94.2 Å². The van der Waals surface area contributed by atoms with Crippen molar-refractivity contribution < 1.29 is 4.42 Å². The van der Waals surface area contributed by atoms with Crippen LogP contribution < -0.4 is 0 Å². The Hall–Kier alpha value is -8.74. The number of nitrogens with zero attached hydrogens (tertiary/aromatic N) is 5. The van der Waals surface area contributed by atoms with Gasteiger partial charge in [-0.1, -0.05) is 115 Å². The molecule has 6 nitrogen and oxygen atoms in total. The van der Waals surface area contributed by atoms with Crippen molar-refractivity contribution in [1.82, 2.24) is 23.7 Å². The van der Waals surface area contributed by atoms with E-state index in [1.165, 1.54) is 21.5 Å². The summed E-state index contributed by atoms with van der Waals surface area (Å²) in [6, 6.07) is 75.4. The van der Waals surface area contributed by atoms with Gasteiger partial charge in [-0.3, -0.25) is 0 Å². The predicted octanol–water partition coefficient (Wildman–Crippen LogP) is 15.0. The van der Waals surface area contributed by atoms with Gasteiger partial charge in [0.15, 0.2) is 11.4 Å². The zero-order chi connectivity index (χ0) is 41.9. The average Bonchev–Trinajstić information content (AvgIpc) is 4.10. The minimum Gasteiger partial charge on any atom is -0.452 e. The van der Waals surface area contributed by atoms with Crippen molar-refractivity contribution in [1.29, 1.82) is 0 Å². The SMILES string of the molecule is c1ccc(-n2c3ccccc3c3cc(-c4nc(-c5ccc6c(c5)c5ccccc5n6-c5ccccc5)c5oc6ccc(-n7c8ccccc8c8ccccc87)cc6c5n4)ccc32)cc1. The smallest absolute Gasteiger partial charge is 0.180 e. The fraction of sp³-hybridized carbons (Fsp3) is 0. The van der Waals surface area contributed by atoms with Gasteiger partial charge >= 0.3 is 0 Å². The van der Waals surface area contributed by atoms with Gasteiger partial charge in [0.05, 0.1) is 33.1 Å². The molecule has 0 aliphatic heterocycles. The van der Waals surface area contributed by atoms with Crippen molar-refractivity contribution in [3.63, 3.8) is 0 Å². The number of hydrogen-bond acceptors (Lipinski definition) is 3. The molecule has 0 fully saturated rings. The van der Waals surface area contributed by atoms with Crippen LogP contribution in [0.15, 0.2) is 217 Å². The molecule has 0 spiro atoms. The van der Waals surface area contributed by atoms with Crippen molar-refractivity contribution in [3.8, 4) is 39.7 Å². The van der Waals surface area contributed by atoms with Crippen LogP contribution in [0.25, 0.3) is 127 Å². The molecule has 0 unspecified atom stereocenters. The standard InChI is InChI=1S/C58H35N5O/c1-3-15-38(16-4-1)61-50-25-13-9-21-43(50)45-33-36(27-30-52(45)61)55-57-56(47-35-40(29-32-54(47)64-57)63-48-23-11-7-19-41(48)42-20-8-12-24-49(42)63)60-58(59-55)37-28-31-53-46(34-37)44-22-10-14-26-51(44)62(53)39-17-5-2-6-18-39/h1-35H. The first-order valence-corrected chi connectivity index (χ1v) is 21.7. The number of fused-ring (bicyclic) bond motifs is 12. The maximum atomic E-state index is 6.89.